The summed E-state index contributed by atoms with van der Waals surface area (Å²) < 4.78 is 6.24. The number of carbonyl (C=O) groups is 1. The molecule has 3 aromatic rings. The van der Waals surface area contributed by atoms with Gasteiger partial charge in [-0.3, -0.25) is 0 Å². The van der Waals surface area contributed by atoms with Gasteiger partial charge in [0.15, 0.2) is 4.34 Å². The number of nitrogens with zero attached hydrogens (tertiary/aromatic N) is 2. The zero-order valence-electron chi connectivity index (χ0n) is 13.4. The van der Waals surface area contributed by atoms with E-state index in [1.165, 1.54) is 22.5 Å². The van der Waals surface area contributed by atoms with Gasteiger partial charge in [-0.2, -0.15) is 0 Å². The molecule has 0 saturated carbocycles. The number of hydrogen-bond acceptors (Lipinski definition) is 7. The molecule has 0 aliphatic carbocycles. The lowest BCUT2D eigenvalue weighted by Gasteiger charge is -2.10. The van der Waals surface area contributed by atoms with E-state index in [9.17, 15) is 4.79 Å². The molecule has 0 spiro atoms. The summed E-state index contributed by atoms with van der Waals surface area (Å²) in [5.74, 6) is 0.530. The summed E-state index contributed by atoms with van der Waals surface area (Å²) in [7, 11) is 0. The Morgan fingerprint density at radius 2 is 1.96 bits per heavy atom. The lowest BCUT2D eigenvalue weighted by Crippen LogP contribution is -2.09. The number of rotatable bonds is 5. The van der Waals surface area contributed by atoms with Crippen molar-refractivity contribution in [1.29, 1.82) is 0 Å². The van der Waals surface area contributed by atoms with Crippen LogP contribution in [0, 0.1) is 6.92 Å². The topological polar surface area (TPSA) is 64.1 Å². The fourth-order valence-electron chi connectivity index (χ4n) is 2.52. The average molecular weight is 369 g/mol. The van der Waals surface area contributed by atoms with Crippen LogP contribution in [0.3, 0.4) is 0 Å². The molecule has 2 heterocycles. The average Bonchev–Trinajstić information content (AvgIpc) is 3.20. The van der Waals surface area contributed by atoms with Crippen LogP contribution in [0.2, 0.25) is 0 Å². The third-order valence-electron chi connectivity index (χ3n) is 3.83. The first-order valence-electron chi connectivity index (χ1n) is 7.77. The number of esters is 1. The number of ether oxygens (including phenoxy) is 1. The van der Waals surface area contributed by atoms with Gasteiger partial charge in [-0.15, -0.1) is 10.2 Å². The summed E-state index contributed by atoms with van der Waals surface area (Å²) in [5.41, 5.74) is 3.93. The van der Waals surface area contributed by atoms with Crippen molar-refractivity contribution in [2.75, 3.05) is 5.32 Å². The maximum absolute atomic E-state index is 11.9. The quantitative estimate of drug-likeness (QED) is 0.530. The van der Waals surface area contributed by atoms with Crippen LogP contribution in [0.4, 0.5) is 5.13 Å². The van der Waals surface area contributed by atoms with E-state index in [4.69, 9.17) is 4.74 Å². The van der Waals surface area contributed by atoms with E-state index in [0.717, 1.165) is 15.7 Å². The molecule has 0 radical (unpaired) electrons. The van der Waals surface area contributed by atoms with E-state index in [1.807, 2.05) is 18.2 Å². The first-order valence-corrected chi connectivity index (χ1v) is 9.57. The molecular formula is C18H15N3O2S2. The smallest absolute Gasteiger partial charge is 0.340 e. The Morgan fingerprint density at radius 1 is 1.16 bits per heavy atom. The second-order valence-electron chi connectivity index (χ2n) is 5.66. The van der Waals surface area contributed by atoms with Crippen LogP contribution in [-0.2, 0) is 10.5 Å². The largest absolute Gasteiger partial charge is 0.434 e. The van der Waals surface area contributed by atoms with Gasteiger partial charge in [-0.05, 0) is 18.6 Å². The zero-order valence-corrected chi connectivity index (χ0v) is 15.1. The monoisotopic (exact) mass is 369 g/mol. The number of fused-ring (bicyclic) bond motifs is 1. The highest BCUT2D eigenvalue weighted by Gasteiger charge is 2.31. The number of aryl methyl sites for hydroxylation is 1. The number of nitrogens with one attached hydrogen (secondary N) is 1. The second-order valence-corrected chi connectivity index (χ2v) is 7.86. The SMILES string of the molecule is Cc1ccc(CSc2nnc(NC3OC(=O)c4ccccc43)s2)cc1. The van der Waals surface area contributed by atoms with Crippen molar-refractivity contribution >= 4 is 34.2 Å². The van der Waals surface area contributed by atoms with Gasteiger partial charge in [0.2, 0.25) is 11.4 Å². The number of aromatic nitrogens is 2. The normalized spacial score (nSPS) is 15.7. The van der Waals surface area contributed by atoms with Gasteiger partial charge in [0.1, 0.15) is 0 Å². The summed E-state index contributed by atoms with van der Waals surface area (Å²) >= 11 is 3.10. The molecule has 1 aliphatic heterocycles. The van der Waals surface area contributed by atoms with E-state index in [-0.39, 0.29) is 5.97 Å². The summed E-state index contributed by atoms with van der Waals surface area (Å²) in [6.45, 7) is 2.08. The molecular weight excluding hydrogens is 354 g/mol. The van der Waals surface area contributed by atoms with Crippen molar-refractivity contribution in [1.82, 2.24) is 10.2 Å². The van der Waals surface area contributed by atoms with Crippen molar-refractivity contribution in [2.24, 2.45) is 0 Å². The van der Waals surface area contributed by atoms with Gasteiger partial charge >= 0.3 is 5.97 Å². The molecule has 1 N–H and O–H groups in total. The standard InChI is InChI=1S/C18H15N3O2S2/c1-11-6-8-12(9-7-11)10-24-18-21-20-17(25-18)19-15-13-4-2-3-5-14(13)16(22)23-15/h2-9,15H,10H2,1H3,(H,19,20). The van der Waals surface area contributed by atoms with Crippen molar-refractivity contribution in [3.8, 4) is 0 Å². The van der Waals surface area contributed by atoms with Gasteiger partial charge in [0.25, 0.3) is 0 Å². The molecule has 1 aromatic heterocycles. The molecule has 5 nitrogen and oxygen atoms in total. The van der Waals surface area contributed by atoms with Crippen molar-refractivity contribution in [2.45, 2.75) is 23.2 Å². The van der Waals surface area contributed by atoms with Gasteiger partial charge < -0.3 is 10.1 Å². The van der Waals surface area contributed by atoms with Gasteiger partial charge in [0.05, 0.1) is 5.56 Å². The molecule has 0 amide bonds. The molecule has 2 aromatic carbocycles. The fourth-order valence-corrected chi connectivity index (χ4v) is 4.25. The van der Waals surface area contributed by atoms with Crippen molar-refractivity contribution in [3.05, 3.63) is 70.8 Å². The number of hydrogen-bond donors (Lipinski definition) is 1. The van der Waals surface area contributed by atoms with Crippen LogP contribution < -0.4 is 5.32 Å². The fraction of sp³-hybridized carbons (Fsp3) is 0.167. The molecule has 0 fully saturated rings. The third kappa shape index (κ3) is 3.52. The predicted octanol–water partition coefficient (Wildman–Crippen LogP) is 4.42. The molecule has 1 aliphatic rings. The summed E-state index contributed by atoms with van der Waals surface area (Å²) in [6.07, 6.45) is -0.508. The predicted molar refractivity (Wildman–Crippen MR) is 98.9 cm³/mol. The summed E-state index contributed by atoms with van der Waals surface area (Å²) in [5, 5.41) is 12.1. The Labute approximate surface area is 153 Å². The molecule has 1 atom stereocenters. The van der Waals surface area contributed by atoms with Crippen molar-refractivity contribution in [3.63, 3.8) is 0 Å². The van der Waals surface area contributed by atoms with Crippen LogP contribution in [0.15, 0.2) is 52.9 Å². The van der Waals surface area contributed by atoms with Crippen molar-refractivity contribution < 1.29 is 9.53 Å². The molecule has 4 rings (SSSR count). The minimum absolute atomic E-state index is 0.313. The Balaban J connectivity index is 1.40. The molecule has 7 heteroatoms. The Bertz CT molecular complexity index is 909. The number of benzene rings is 2. The van der Waals surface area contributed by atoms with Crippen LogP contribution >= 0.6 is 23.1 Å². The van der Waals surface area contributed by atoms with Gasteiger partial charge in [-0.1, -0.05) is 71.1 Å². The molecule has 1 unspecified atom stereocenters. The molecule has 25 heavy (non-hydrogen) atoms. The Hall–Kier alpha value is -2.38. The number of carbonyl (C=O) groups excluding carboxylic acids is 1. The minimum Gasteiger partial charge on any atom is -0.434 e. The first-order chi connectivity index (χ1) is 12.2. The second kappa shape index (κ2) is 6.85. The first kappa shape index (κ1) is 16.1. The third-order valence-corrected chi connectivity index (χ3v) is 5.89. The summed E-state index contributed by atoms with van der Waals surface area (Å²) in [4.78, 5) is 11.9. The lowest BCUT2D eigenvalue weighted by atomic mass is 10.1. The van der Waals surface area contributed by atoms with E-state index in [1.54, 1.807) is 17.8 Å². The van der Waals surface area contributed by atoms with E-state index in [0.29, 0.717) is 10.7 Å². The Morgan fingerprint density at radius 3 is 2.80 bits per heavy atom. The van der Waals surface area contributed by atoms with E-state index < -0.39 is 6.23 Å². The Kier molecular flexibility index (Phi) is 4.42. The van der Waals surface area contributed by atoms with E-state index >= 15 is 0 Å². The molecule has 0 bridgehead atoms. The van der Waals surface area contributed by atoms with Crippen LogP contribution in [0.1, 0.15) is 33.3 Å². The highest BCUT2D eigenvalue weighted by Crippen LogP contribution is 2.34. The van der Waals surface area contributed by atoms with Gasteiger partial charge in [0, 0.05) is 11.3 Å². The molecule has 126 valence electrons. The number of anilines is 1. The van der Waals surface area contributed by atoms with Crippen LogP contribution in [0.25, 0.3) is 0 Å². The maximum atomic E-state index is 11.9. The minimum atomic E-state index is -0.508. The zero-order chi connectivity index (χ0) is 17.2. The number of thioether (sulfide) groups is 1. The van der Waals surface area contributed by atoms with Crippen LogP contribution in [-0.4, -0.2) is 16.2 Å². The number of cyclic esters (lactones) is 1. The maximum Gasteiger partial charge on any atom is 0.340 e. The van der Waals surface area contributed by atoms with Gasteiger partial charge in [-0.25, -0.2) is 4.79 Å². The molecule has 0 saturated heterocycles. The van der Waals surface area contributed by atoms with Crippen LogP contribution in [0.5, 0.6) is 0 Å². The highest BCUT2D eigenvalue weighted by atomic mass is 32.2. The lowest BCUT2D eigenvalue weighted by molar-refractivity contribution is 0.0437. The summed E-state index contributed by atoms with van der Waals surface area (Å²) in [6, 6.07) is 15.8. The van der Waals surface area contributed by atoms with E-state index in [2.05, 4.69) is 46.7 Å². The highest BCUT2D eigenvalue weighted by molar-refractivity contribution is 8.00.